The van der Waals surface area contributed by atoms with E-state index < -0.39 is 6.10 Å². The molecule has 0 spiro atoms. The Morgan fingerprint density at radius 2 is 1.88 bits per heavy atom. The van der Waals surface area contributed by atoms with Gasteiger partial charge in [0.05, 0.1) is 6.10 Å². The second kappa shape index (κ2) is 4.35. The third-order valence-corrected chi connectivity index (χ3v) is 3.79. The SMILES string of the molecule is CCn1c(Cl)c(C(C)O)c2cc(C)c(C)cc21. The molecule has 3 heteroatoms. The molecular weight excluding hydrogens is 234 g/mol. The average Bonchev–Trinajstić information content (AvgIpc) is 2.50. The van der Waals surface area contributed by atoms with E-state index in [2.05, 4.69) is 32.9 Å². The van der Waals surface area contributed by atoms with Crippen LogP contribution in [0.25, 0.3) is 10.9 Å². The maximum atomic E-state index is 9.87. The van der Waals surface area contributed by atoms with Crippen molar-refractivity contribution < 1.29 is 5.11 Å². The number of fused-ring (bicyclic) bond motifs is 1. The molecule has 2 nitrogen and oxygen atoms in total. The number of halogens is 1. The van der Waals surface area contributed by atoms with E-state index in [0.29, 0.717) is 5.15 Å². The van der Waals surface area contributed by atoms with E-state index in [1.807, 2.05) is 4.57 Å². The molecule has 2 rings (SSSR count). The van der Waals surface area contributed by atoms with Gasteiger partial charge < -0.3 is 9.67 Å². The summed E-state index contributed by atoms with van der Waals surface area (Å²) in [4.78, 5) is 0. The van der Waals surface area contributed by atoms with Gasteiger partial charge in [0.15, 0.2) is 0 Å². The van der Waals surface area contributed by atoms with Gasteiger partial charge in [-0.25, -0.2) is 0 Å². The number of rotatable bonds is 2. The van der Waals surface area contributed by atoms with Crippen molar-refractivity contribution in [1.29, 1.82) is 0 Å². The first kappa shape index (κ1) is 12.5. The molecular formula is C14H18ClNO. The monoisotopic (exact) mass is 251 g/mol. The van der Waals surface area contributed by atoms with Crippen LogP contribution in [0.15, 0.2) is 12.1 Å². The summed E-state index contributed by atoms with van der Waals surface area (Å²) in [7, 11) is 0. The minimum atomic E-state index is -0.542. The van der Waals surface area contributed by atoms with Gasteiger partial charge >= 0.3 is 0 Å². The summed E-state index contributed by atoms with van der Waals surface area (Å²) >= 11 is 6.35. The summed E-state index contributed by atoms with van der Waals surface area (Å²) in [5.74, 6) is 0. The molecule has 0 bridgehead atoms. The van der Waals surface area contributed by atoms with Crippen molar-refractivity contribution in [2.75, 3.05) is 0 Å². The van der Waals surface area contributed by atoms with Crippen LogP contribution in [-0.4, -0.2) is 9.67 Å². The van der Waals surface area contributed by atoms with Crippen molar-refractivity contribution in [3.63, 3.8) is 0 Å². The lowest BCUT2D eigenvalue weighted by Crippen LogP contribution is -1.95. The molecule has 1 N–H and O–H groups in total. The van der Waals surface area contributed by atoms with Crippen LogP contribution >= 0.6 is 11.6 Å². The lowest BCUT2D eigenvalue weighted by molar-refractivity contribution is 0.200. The molecule has 0 fully saturated rings. The van der Waals surface area contributed by atoms with Gasteiger partial charge in [0.25, 0.3) is 0 Å². The number of aliphatic hydroxyl groups excluding tert-OH is 1. The molecule has 0 saturated heterocycles. The molecule has 1 aromatic carbocycles. The van der Waals surface area contributed by atoms with E-state index in [9.17, 15) is 5.11 Å². The Morgan fingerprint density at radius 3 is 2.41 bits per heavy atom. The highest BCUT2D eigenvalue weighted by atomic mass is 35.5. The van der Waals surface area contributed by atoms with Gasteiger partial charge in [-0.3, -0.25) is 0 Å². The standard InChI is InChI=1S/C14H18ClNO/c1-5-16-12-7-9(3)8(2)6-11(12)13(10(4)17)14(16)15/h6-7,10,17H,5H2,1-4H3. The maximum absolute atomic E-state index is 9.87. The molecule has 17 heavy (non-hydrogen) atoms. The van der Waals surface area contributed by atoms with Crippen LogP contribution in [0.5, 0.6) is 0 Å². The minimum Gasteiger partial charge on any atom is -0.389 e. The summed E-state index contributed by atoms with van der Waals surface area (Å²) in [6.45, 7) is 8.81. The normalized spacial score (nSPS) is 13.3. The van der Waals surface area contributed by atoms with Gasteiger partial charge in [0, 0.05) is 23.0 Å². The maximum Gasteiger partial charge on any atom is 0.115 e. The lowest BCUT2D eigenvalue weighted by atomic mass is 10.0. The van der Waals surface area contributed by atoms with Gasteiger partial charge in [0.2, 0.25) is 0 Å². The molecule has 92 valence electrons. The predicted octanol–water partition coefficient (Wildman–Crippen LogP) is 3.98. The van der Waals surface area contributed by atoms with Crippen molar-refractivity contribution in [3.05, 3.63) is 34.0 Å². The van der Waals surface area contributed by atoms with Crippen LogP contribution in [0.3, 0.4) is 0 Å². The van der Waals surface area contributed by atoms with Crippen molar-refractivity contribution in [3.8, 4) is 0 Å². The van der Waals surface area contributed by atoms with Crippen molar-refractivity contribution in [2.45, 2.75) is 40.3 Å². The Kier molecular flexibility index (Phi) is 3.19. The molecule has 1 unspecified atom stereocenters. The van der Waals surface area contributed by atoms with E-state index in [0.717, 1.165) is 23.0 Å². The van der Waals surface area contributed by atoms with Crippen molar-refractivity contribution in [1.82, 2.24) is 4.57 Å². The number of aliphatic hydroxyl groups is 1. The number of nitrogens with zero attached hydrogens (tertiary/aromatic N) is 1. The molecule has 0 aliphatic carbocycles. The molecule has 0 radical (unpaired) electrons. The van der Waals surface area contributed by atoms with E-state index in [-0.39, 0.29) is 0 Å². The zero-order valence-electron chi connectivity index (χ0n) is 10.7. The number of benzene rings is 1. The highest BCUT2D eigenvalue weighted by molar-refractivity contribution is 6.32. The van der Waals surface area contributed by atoms with Crippen LogP contribution in [0, 0.1) is 13.8 Å². The summed E-state index contributed by atoms with van der Waals surface area (Å²) in [5, 5.41) is 11.6. The Hall–Kier alpha value is -0.990. The molecule has 1 heterocycles. The number of hydrogen-bond donors (Lipinski definition) is 1. The Balaban J connectivity index is 2.90. The summed E-state index contributed by atoms with van der Waals surface area (Å²) < 4.78 is 2.05. The van der Waals surface area contributed by atoms with Crippen LogP contribution in [0.2, 0.25) is 5.15 Å². The van der Waals surface area contributed by atoms with Crippen LogP contribution in [0.1, 0.15) is 36.6 Å². The smallest absolute Gasteiger partial charge is 0.115 e. The fourth-order valence-electron chi connectivity index (χ4n) is 2.31. The highest BCUT2D eigenvalue weighted by Crippen LogP contribution is 2.35. The molecule has 1 aromatic heterocycles. The van der Waals surface area contributed by atoms with Gasteiger partial charge in [-0.05, 0) is 51.0 Å². The molecule has 0 aliphatic rings. The zero-order chi connectivity index (χ0) is 12.7. The quantitative estimate of drug-likeness (QED) is 0.858. The van der Waals surface area contributed by atoms with E-state index in [1.54, 1.807) is 6.92 Å². The van der Waals surface area contributed by atoms with E-state index in [1.165, 1.54) is 11.1 Å². The number of aromatic nitrogens is 1. The molecule has 0 saturated carbocycles. The summed E-state index contributed by atoms with van der Waals surface area (Å²) in [6.07, 6.45) is -0.542. The fourth-order valence-corrected chi connectivity index (χ4v) is 2.78. The highest BCUT2D eigenvalue weighted by Gasteiger charge is 2.18. The summed E-state index contributed by atoms with van der Waals surface area (Å²) in [5.41, 5.74) is 4.42. The van der Waals surface area contributed by atoms with E-state index >= 15 is 0 Å². The Morgan fingerprint density at radius 1 is 1.29 bits per heavy atom. The average molecular weight is 252 g/mol. The first-order chi connectivity index (χ1) is 7.97. The predicted molar refractivity (Wildman–Crippen MR) is 72.7 cm³/mol. The first-order valence-electron chi connectivity index (χ1n) is 5.94. The second-order valence-electron chi connectivity index (χ2n) is 4.58. The van der Waals surface area contributed by atoms with Gasteiger partial charge in [-0.2, -0.15) is 0 Å². The zero-order valence-corrected chi connectivity index (χ0v) is 11.5. The molecule has 0 amide bonds. The number of hydrogen-bond acceptors (Lipinski definition) is 1. The van der Waals surface area contributed by atoms with Crippen molar-refractivity contribution in [2.24, 2.45) is 0 Å². The largest absolute Gasteiger partial charge is 0.389 e. The van der Waals surface area contributed by atoms with Gasteiger partial charge in [-0.15, -0.1) is 0 Å². The van der Waals surface area contributed by atoms with Crippen LogP contribution in [0.4, 0.5) is 0 Å². The minimum absolute atomic E-state index is 0.542. The third kappa shape index (κ3) is 1.85. The van der Waals surface area contributed by atoms with Gasteiger partial charge in [0.1, 0.15) is 5.15 Å². The topological polar surface area (TPSA) is 25.2 Å². The Bertz CT molecular complexity index is 569. The van der Waals surface area contributed by atoms with Crippen LogP contribution < -0.4 is 0 Å². The fraction of sp³-hybridized carbons (Fsp3) is 0.429. The first-order valence-corrected chi connectivity index (χ1v) is 6.32. The van der Waals surface area contributed by atoms with Crippen molar-refractivity contribution >= 4 is 22.5 Å². The summed E-state index contributed by atoms with van der Waals surface area (Å²) in [6, 6.07) is 4.26. The van der Waals surface area contributed by atoms with Crippen LogP contribution in [-0.2, 0) is 6.54 Å². The molecule has 0 aliphatic heterocycles. The second-order valence-corrected chi connectivity index (χ2v) is 4.94. The van der Waals surface area contributed by atoms with E-state index in [4.69, 9.17) is 11.6 Å². The van der Waals surface area contributed by atoms with Gasteiger partial charge in [-0.1, -0.05) is 11.6 Å². The Labute approximate surface area is 107 Å². The molecule has 2 aromatic rings. The number of aryl methyl sites for hydroxylation is 3. The lowest BCUT2D eigenvalue weighted by Gasteiger charge is -2.05. The third-order valence-electron chi connectivity index (χ3n) is 3.39. The molecule has 1 atom stereocenters.